The smallest absolute Gasteiger partial charge is 0.134 e. The number of rotatable bonds is 6. The molecule has 0 N–H and O–H groups in total. The van der Waals surface area contributed by atoms with Crippen molar-refractivity contribution in [3.63, 3.8) is 0 Å². The molecule has 0 saturated carbocycles. The number of ether oxygens (including phenoxy) is 1. The zero-order valence-electron chi connectivity index (χ0n) is 13.2. The van der Waals surface area contributed by atoms with Crippen LogP contribution in [-0.2, 0) is 19.3 Å². The summed E-state index contributed by atoms with van der Waals surface area (Å²) in [6.07, 6.45) is 3.08. The zero-order chi connectivity index (χ0) is 15.4. The molecule has 0 aliphatic carbocycles. The van der Waals surface area contributed by atoms with Crippen LogP contribution in [0, 0.1) is 0 Å². The molecule has 0 aliphatic rings. The number of alkyl halides is 1. The Morgan fingerprint density at radius 3 is 2.19 bits per heavy atom. The van der Waals surface area contributed by atoms with Gasteiger partial charge in [0.25, 0.3) is 0 Å². The van der Waals surface area contributed by atoms with E-state index in [1.54, 1.807) is 18.4 Å². The largest absolute Gasteiger partial charge is 0.496 e. The second kappa shape index (κ2) is 7.33. The van der Waals surface area contributed by atoms with Crippen molar-refractivity contribution in [2.45, 2.75) is 45.4 Å². The van der Waals surface area contributed by atoms with Gasteiger partial charge in [0.2, 0.25) is 0 Å². The van der Waals surface area contributed by atoms with E-state index in [0.717, 1.165) is 29.9 Å². The third-order valence-corrected chi connectivity index (χ3v) is 5.47. The summed E-state index contributed by atoms with van der Waals surface area (Å²) >= 11 is 8.52. The van der Waals surface area contributed by atoms with Gasteiger partial charge in [-0.1, -0.05) is 32.9 Å². The summed E-state index contributed by atoms with van der Waals surface area (Å²) in [5, 5.41) is 1.91. The molecule has 1 heterocycles. The quantitative estimate of drug-likeness (QED) is 0.613. The molecule has 0 amide bonds. The van der Waals surface area contributed by atoms with Crippen LogP contribution in [0.2, 0.25) is 0 Å². The van der Waals surface area contributed by atoms with E-state index >= 15 is 0 Å². The molecule has 1 atom stereocenters. The van der Waals surface area contributed by atoms with Gasteiger partial charge in [-0.25, -0.2) is 0 Å². The number of thiophene rings is 1. The molecule has 0 bridgehead atoms. The van der Waals surface area contributed by atoms with Gasteiger partial charge in [0, 0.05) is 0 Å². The molecule has 1 aromatic heterocycles. The van der Waals surface area contributed by atoms with Gasteiger partial charge in [-0.05, 0) is 53.0 Å². The summed E-state index contributed by atoms with van der Waals surface area (Å²) in [7, 11) is 1.71. The van der Waals surface area contributed by atoms with E-state index in [0.29, 0.717) is 0 Å². The number of hydrogen-bond acceptors (Lipinski definition) is 2. The maximum absolute atomic E-state index is 6.85. The molecule has 0 aliphatic heterocycles. The van der Waals surface area contributed by atoms with Gasteiger partial charge in [-0.2, -0.15) is 0 Å². The fourth-order valence-electron chi connectivity index (χ4n) is 2.76. The van der Waals surface area contributed by atoms with E-state index in [-0.39, 0.29) is 5.38 Å². The molecule has 0 fully saturated rings. The highest BCUT2D eigenvalue weighted by Gasteiger charge is 2.22. The van der Waals surface area contributed by atoms with Crippen LogP contribution in [0.1, 0.15) is 53.3 Å². The number of aryl methyl sites for hydroxylation is 3. The lowest BCUT2D eigenvalue weighted by Gasteiger charge is -2.20. The van der Waals surface area contributed by atoms with Gasteiger partial charge in [-0.3, -0.25) is 0 Å². The average Bonchev–Trinajstić information content (AvgIpc) is 3.01. The van der Waals surface area contributed by atoms with E-state index < -0.39 is 0 Å². The first-order valence-corrected chi connectivity index (χ1v) is 8.87. The maximum Gasteiger partial charge on any atom is 0.134 e. The molecule has 0 spiro atoms. The first-order chi connectivity index (χ1) is 10.2. The average molecular weight is 323 g/mol. The van der Waals surface area contributed by atoms with E-state index in [9.17, 15) is 0 Å². The molecular weight excluding hydrogens is 300 g/mol. The second-order valence-electron chi connectivity index (χ2n) is 5.10. The van der Waals surface area contributed by atoms with Crippen molar-refractivity contribution in [1.82, 2.24) is 0 Å². The highest BCUT2D eigenvalue weighted by atomic mass is 35.5. The van der Waals surface area contributed by atoms with Crippen LogP contribution in [0.15, 0.2) is 23.6 Å². The fraction of sp³-hybridized carbons (Fsp3) is 0.444. The van der Waals surface area contributed by atoms with Gasteiger partial charge in [0.15, 0.2) is 0 Å². The monoisotopic (exact) mass is 322 g/mol. The fourth-order valence-corrected chi connectivity index (χ4v) is 4.14. The summed E-state index contributed by atoms with van der Waals surface area (Å²) in [4.78, 5) is 1.10. The van der Waals surface area contributed by atoms with Crippen LogP contribution in [-0.4, -0.2) is 7.11 Å². The SMILES string of the molecule is CCc1cc(CC)c(C(Cl)c2sccc2OC)c(CC)c1. The van der Waals surface area contributed by atoms with Gasteiger partial charge >= 0.3 is 0 Å². The minimum Gasteiger partial charge on any atom is -0.496 e. The zero-order valence-corrected chi connectivity index (χ0v) is 14.8. The molecule has 21 heavy (non-hydrogen) atoms. The number of benzene rings is 1. The van der Waals surface area contributed by atoms with E-state index in [1.807, 2.05) is 11.4 Å². The van der Waals surface area contributed by atoms with Gasteiger partial charge < -0.3 is 4.74 Å². The van der Waals surface area contributed by atoms with Crippen LogP contribution in [0.3, 0.4) is 0 Å². The Balaban J connectivity index is 2.56. The minimum atomic E-state index is -0.129. The molecule has 2 aromatic rings. The standard InChI is InChI=1S/C18H23ClOS/c1-5-12-10-13(6-2)16(14(7-3)11-12)17(19)18-15(20-4)8-9-21-18/h8-11,17H,5-7H2,1-4H3. The molecule has 2 rings (SSSR count). The third kappa shape index (κ3) is 3.27. The number of halogens is 1. The predicted octanol–water partition coefficient (Wildman–Crippen LogP) is 5.77. The van der Waals surface area contributed by atoms with Crippen molar-refractivity contribution < 1.29 is 4.74 Å². The van der Waals surface area contributed by atoms with E-state index in [2.05, 4.69) is 32.9 Å². The van der Waals surface area contributed by atoms with Gasteiger partial charge in [0.05, 0.1) is 17.4 Å². The molecular formula is C18H23ClOS. The number of methoxy groups -OCH3 is 1. The normalized spacial score (nSPS) is 12.4. The Bertz CT molecular complexity index is 578. The van der Waals surface area contributed by atoms with Crippen LogP contribution in [0.25, 0.3) is 0 Å². The Morgan fingerprint density at radius 1 is 1.10 bits per heavy atom. The van der Waals surface area contributed by atoms with Crippen molar-refractivity contribution in [2.75, 3.05) is 7.11 Å². The first-order valence-electron chi connectivity index (χ1n) is 7.56. The van der Waals surface area contributed by atoms with E-state index in [4.69, 9.17) is 16.3 Å². The molecule has 1 unspecified atom stereocenters. The topological polar surface area (TPSA) is 9.23 Å². The molecule has 114 valence electrons. The van der Waals surface area contributed by atoms with Gasteiger partial charge in [-0.15, -0.1) is 22.9 Å². The van der Waals surface area contributed by atoms with Crippen molar-refractivity contribution in [2.24, 2.45) is 0 Å². The lowest BCUT2D eigenvalue weighted by atomic mass is 9.91. The molecule has 1 nitrogen and oxygen atoms in total. The van der Waals surface area contributed by atoms with Crippen molar-refractivity contribution >= 4 is 22.9 Å². The van der Waals surface area contributed by atoms with Crippen LogP contribution in [0.4, 0.5) is 0 Å². The maximum atomic E-state index is 6.85. The predicted molar refractivity (Wildman–Crippen MR) is 93.1 cm³/mol. The first kappa shape index (κ1) is 16.4. The lowest BCUT2D eigenvalue weighted by molar-refractivity contribution is 0.412. The summed E-state index contributed by atoms with van der Waals surface area (Å²) in [6.45, 7) is 6.61. The minimum absolute atomic E-state index is 0.129. The van der Waals surface area contributed by atoms with E-state index in [1.165, 1.54) is 22.3 Å². The second-order valence-corrected chi connectivity index (χ2v) is 6.49. The summed E-state index contributed by atoms with van der Waals surface area (Å²) in [5.74, 6) is 0.892. The number of hydrogen-bond donors (Lipinski definition) is 0. The molecule has 0 saturated heterocycles. The summed E-state index contributed by atoms with van der Waals surface area (Å²) in [5.41, 5.74) is 5.40. The third-order valence-electron chi connectivity index (χ3n) is 3.94. The highest BCUT2D eigenvalue weighted by molar-refractivity contribution is 7.10. The van der Waals surface area contributed by atoms with Crippen LogP contribution >= 0.6 is 22.9 Å². The van der Waals surface area contributed by atoms with Gasteiger partial charge in [0.1, 0.15) is 5.75 Å². The Labute approximate surface area is 136 Å². The Kier molecular flexibility index (Phi) is 5.72. The molecule has 0 radical (unpaired) electrons. The van der Waals surface area contributed by atoms with Crippen LogP contribution in [0.5, 0.6) is 5.75 Å². The van der Waals surface area contributed by atoms with Crippen molar-refractivity contribution in [1.29, 1.82) is 0 Å². The summed E-state index contributed by atoms with van der Waals surface area (Å²) in [6, 6.07) is 6.61. The Morgan fingerprint density at radius 2 is 1.71 bits per heavy atom. The summed E-state index contributed by atoms with van der Waals surface area (Å²) < 4.78 is 5.45. The Hall–Kier alpha value is -0.990. The van der Waals surface area contributed by atoms with Crippen LogP contribution < -0.4 is 4.74 Å². The highest BCUT2D eigenvalue weighted by Crippen LogP contribution is 2.42. The van der Waals surface area contributed by atoms with Crippen molar-refractivity contribution in [3.8, 4) is 5.75 Å². The molecule has 1 aromatic carbocycles. The molecule has 3 heteroatoms. The van der Waals surface area contributed by atoms with Crippen molar-refractivity contribution in [3.05, 3.63) is 50.7 Å². The lowest BCUT2D eigenvalue weighted by Crippen LogP contribution is -2.05.